The summed E-state index contributed by atoms with van der Waals surface area (Å²) in [5.74, 6) is -0.355. The van der Waals surface area contributed by atoms with Crippen LogP contribution in [-0.2, 0) is 15.0 Å². The number of hydrogen-bond acceptors (Lipinski definition) is 5. The van der Waals surface area contributed by atoms with E-state index in [-0.39, 0.29) is 17.6 Å². The molecule has 1 atom stereocenters. The van der Waals surface area contributed by atoms with Gasteiger partial charge in [0.1, 0.15) is 6.10 Å². The summed E-state index contributed by atoms with van der Waals surface area (Å²) in [6.45, 7) is 14.0. The molecule has 22 heavy (non-hydrogen) atoms. The van der Waals surface area contributed by atoms with Crippen molar-refractivity contribution in [3.05, 3.63) is 17.5 Å². The molecule has 1 fully saturated rings. The normalized spacial score (nSPS) is 18.2. The molecule has 0 unspecified atom stereocenters. The number of carbonyl (C=O) groups is 1. The Kier molecular flexibility index (Phi) is 5.24. The van der Waals surface area contributed by atoms with Gasteiger partial charge in [0.25, 0.3) is 0 Å². The topological polar surface area (TPSA) is 56.6 Å². The molecular formula is C16H27N3O3. The average Bonchev–Trinajstić information content (AvgIpc) is 2.82. The number of nitrogens with zero attached hydrogens (tertiary/aromatic N) is 3. The molecule has 0 bridgehead atoms. The molecule has 0 N–H and O–H groups in total. The quantitative estimate of drug-likeness (QED) is 0.794. The van der Waals surface area contributed by atoms with Crippen molar-refractivity contribution in [2.75, 3.05) is 32.8 Å². The van der Waals surface area contributed by atoms with Crippen LogP contribution >= 0.6 is 0 Å². The van der Waals surface area contributed by atoms with Gasteiger partial charge in [0.15, 0.2) is 5.69 Å². The highest BCUT2D eigenvalue weighted by molar-refractivity contribution is 5.87. The SMILES string of the molecule is Cc1cc(C(=O)O[C@@H](C)CN2CCOCC2)nn1C(C)(C)C. The third kappa shape index (κ3) is 4.30. The molecule has 6 nitrogen and oxygen atoms in total. The Morgan fingerprint density at radius 2 is 2.05 bits per heavy atom. The molecule has 0 saturated carbocycles. The molecular weight excluding hydrogens is 282 g/mol. The zero-order valence-corrected chi connectivity index (χ0v) is 14.3. The van der Waals surface area contributed by atoms with Crippen LogP contribution in [0.2, 0.25) is 0 Å². The number of hydrogen-bond donors (Lipinski definition) is 0. The third-order valence-electron chi connectivity index (χ3n) is 3.66. The van der Waals surface area contributed by atoms with Crippen molar-refractivity contribution in [1.29, 1.82) is 0 Å². The van der Waals surface area contributed by atoms with Crippen LogP contribution in [0.3, 0.4) is 0 Å². The van der Waals surface area contributed by atoms with Gasteiger partial charge < -0.3 is 9.47 Å². The second-order valence-electron chi connectivity index (χ2n) is 6.88. The van der Waals surface area contributed by atoms with Gasteiger partial charge in [-0.15, -0.1) is 0 Å². The lowest BCUT2D eigenvalue weighted by Crippen LogP contribution is -2.41. The first-order valence-electron chi connectivity index (χ1n) is 7.85. The minimum absolute atomic E-state index is 0.151. The number of aromatic nitrogens is 2. The van der Waals surface area contributed by atoms with Crippen LogP contribution in [-0.4, -0.2) is 59.6 Å². The molecule has 2 rings (SSSR count). The number of ether oxygens (including phenoxy) is 2. The van der Waals surface area contributed by atoms with Gasteiger partial charge in [-0.3, -0.25) is 9.58 Å². The number of rotatable bonds is 4. The molecule has 124 valence electrons. The first kappa shape index (κ1) is 17.0. The summed E-state index contributed by atoms with van der Waals surface area (Å²) in [6.07, 6.45) is -0.161. The Morgan fingerprint density at radius 3 is 2.59 bits per heavy atom. The van der Waals surface area contributed by atoms with Crippen molar-refractivity contribution in [3.8, 4) is 0 Å². The fraction of sp³-hybridized carbons (Fsp3) is 0.750. The van der Waals surface area contributed by atoms with Crippen LogP contribution in [0.4, 0.5) is 0 Å². The minimum Gasteiger partial charge on any atom is -0.457 e. The van der Waals surface area contributed by atoms with Crippen LogP contribution in [0, 0.1) is 6.92 Å². The maximum Gasteiger partial charge on any atom is 0.359 e. The highest BCUT2D eigenvalue weighted by Gasteiger charge is 2.23. The Bertz CT molecular complexity index is 513. The molecule has 0 amide bonds. The van der Waals surface area contributed by atoms with Gasteiger partial charge in [-0.25, -0.2) is 4.79 Å². The Labute approximate surface area is 132 Å². The van der Waals surface area contributed by atoms with Gasteiger partial charge in [-0.2, -0.15) is 5.10 Å². The molecule has 6 heteroatoms. The monoisotopic (exact) mass is 309 g/mol. The Balaban J connectivity index is 1.94. The lowest BCUT2D eigenvalue weighted by atomic mass is 10.1. The van der Waals surface area contributed by atoms with Gasteiger partial charge in [0.05, 0.1) is 18.8 Å². The zero-order valence-electron chi connectivity index (χ0n) is 14.3. The maximum atomic E-state index is 12.2. The summed E-state index contributed by atoms with van der Waals surface area (Å²) in [5.41, 5.74) is 1.18. The molecule has 2 heterocycles. The fourth-order valence-corrected chi connectivity index (χ4v) is 2.68. The minimum atomic E-state index is -0.355. The summed E-state index contributed by atoms with van der Waals surface area (Å²) in [7, 11) is 0. The van der Waals surface area contributed by atoms with Crippen molar-refractivity contribution in [2.24, 2.45) is 0 Å². The van der Waals surface area contributed by atoms with E-state index in [4.69, 9.17) is 9.47 Å². The number of aryl methyl sites for hydroxylation is 1. The molecule has 0 aliphatic carbocycles. The zero-order chi connectivity index (χ0) is 16.3. The van der Waals surface area contributed by atoms with Gasteiger partial charge in [-0.1, -0.05) is 0 Å². The molecule has 0 aromatic carbocycles. The van der Waals surface area contributed by atoms with Crippen LogP contribution in [0.1, 0.15) is 43.9 Å². The van der Waals surface area contributed by atoms with E-state index in [9.17, 15) is 4.79 Å². The van der Waals surface area contributed by atoms with Gasteiger partial charge in [0, 0.05) is 25.3 Å². The molecule has 1 saturated heterocycles. The van der Waals surface area contributed by atoms with Crippen molar-refractivity contribution < 1.29 is 14.3 Å². The first-order valence-corrected chi connectivity index (χ1v) is 7.85. The predicted octanol–water partition coefficient (Wildman–Crippen LogP) is 1.82. The largest absolute Gasteiger partial charge is 0.457 e. The van der Waals surface area contributed by atoms with Crippen LogP contribution in [0.15, 0.2) is 6.07 Å². The summed E-state index contributed by atoms with van der Waals surface area (Å²) >= 11 is 0. The van der Waals surface area contributed by atoms with Crippen molar-refractivity contribution in [3.63, 3.8) is 0 Å². The smallest absolute Gasteiger partial charge is 0.359 e. The highest BCUT2D eigenvalue weighted by Crippen LogP contribution is 2.17. The molecule has 0 spiro atoms. The lowest BCUT2D eigenvalue weighted by Gasteiger charge is -2.28. The summed E-state index contributed by atoms with van der Waals surface area (Å²) in [6, 6.07) is 1.79. The summed E-state index contributed by atoms with van der Waals surface area (Å²) in [5, 5.41) is 4.39. The molecule has 1 aromatic heterocycles. The standard InChI is InChI=1S/C16H27N3O3/c1-12-10-14(17-19(12)16(3,4)5)15(20)22-13(2)11-18-6-8-21-9-7-18/h10,13H,6-9,11H2,1-5H3/t13-/m0/s1. The molecule has 1 aliphatic rings. The van der Waals surface area contributed by atoms with Gasteiger partial charge in [-0.05, 0) is 40.7 Å². The van der Waals surface area contributed by atoms with Crippen molar-refractivity contribution in [1.82, 2.24) is 14.7 Å². The number of esters is 1. The van der Waals surface area contributed by atoms with Crippen LogP contribution in [0.5, 0.6) is 0 Å². The van der Waals surface area contributed by atoms with E-state index < -0.39 is 0 Å². The number of carbonyl (C=O) groups excluding carboxylic acids is 1. The van der Waals surface area contributed by atoms with E-state index in [1.54, 1.807) is 6.07 Å². The van der Waals surface area contributed by atoms with E-state index in [1.165, 1.54) is 0 Å². The summed E-state index contributed by atoms with van der Waals surface area (Å²) in [4.78, 5) is 14.5. The third-order valence-corrected chi connectivity index (χ3v) is 3.66. The van der Waals surface area contributed by atoms with E-state index in [0.717, 1.165) is 38.5 Å². The van der Waals surface area contributed by atoms with E-state index >= 15 is 0 Å². The summed E-state index contributed by atoms with van der Waals surface area (Å²) < 4.78 is 12.7. The number of morpholine rings is 1. The second-order valence-corrected chi connectivity index (χ2v) is 6.88. The van der Waals surface area contributed by atoms with Gasteiger partial charge in [0.2, 0.25) is 0 Å². The average molecular weight is 309 g/mol. The fourth-order valence-electron chi connectivity index (χ4n) is 2.68. The second kappa shape index (κ2) is 6.79. The van der Waals surface area contributed by atoms with E-state index in [2.05, 4.69) is 30.8 Å². The Hall–Kier alpha value is -1.40. The van der Waals surface area contributed by atoms with E-state index in [1.807, 2.05) is 18.5 Å². The van der Waals surface area contributed by atoms with Gasteiger partial charge >= 0.3 is 5.97 Å². The lowest BCUT2D eigenvalue weighted by molar-refractivity contribution is 0.0000458. The highest BCUT2D eigenvalue weighted by atomic mass is 16.5. The van der Waals surface area contributed by atoms with Crippen molar-refractivity contribution in [2.45, 2.75) is 46.3 Å². The van der Waals surface area contributed by atoms with Crippen LogP contribution in [0.25, 0.3) is 0 Å². The predicted molar refractivity (Wildman–Crippen MR) is 84.1 cm³/mol. The first-order chi connectivity index (χ1) is 10.3. The molecule has 0 radical (unpaired) electrons. The Morgan fingerprint density at radius 1 is 1.41 bits per heavy atom. The van der Waals surface area contributed by atoms with Crippen LogP contribution < -0.4 is 0 Å². The molecule has 1 aliphatic heterocycles. The van der Waals surface area contributed by atoms with E-state index in [0.29, 0.717) is 5.69 Å². The van der Waals surface area contributed by atoms with Crippen molar-refractivity contribution >= 4 is 5.97 Å². The molecule has 1 aromatic rings. The maximum absolute atomic E-state index is 12.2.